The van der Waals surface area contributed by atoms with Gasteiger partial charge >= 0.3 is 0 Å². The molecule has 5 heteroatoms. The van der Waals surface area contributed by atoms with Gasteiger partial charge in [-0.25, -0.2) is 0 Å². The van der Waals surface area contributed by atoms with Crippen molar-refractivity contribution in [3.05, 3.63) is 103 Å². The van der Waals surface area contributed by atoms with Crippen molar-refractivity contribution in [3.63, 3.8) is 0 Å². The van der Waals surface area contributed by atoms with Crippen LogP contribution < -0.4 is 10.6 Å². The molecule has 2 saturated carbocycles. The molecule has 0 saturated heterocycles. The zero-order chi connectivity index (χ0) is 24.7. The first-order chi connectivity index (χ1) is 16.8. The van der Waals surface area contributed by atoms with E-state index >= 15 is 0 Å². The molecule has 0 aromatic heterocycles. The van der Waals surface area contributed by atoms with Crippen molar-refractivity contribution in [2.24, 2.45) is 17.3 Å². The first kappa shape index (κ1) is 24.4. The van der Waals surface area contributed by atoms with Crippen LogP contribution in [0.25, 0.3) is 0 Å². The highest BCUT2D eigenvalue weighted by molar-refractivity contribution is 7.85. The molecular weight excluding hydrogens is 471 g/mol. The number of aliphatic hydroxyl groups is 1. The smallest absolute Gasteiger partial charge is 0.163 e. The summed E-state index contributed by atoms with van der Waals surface area (Å²) in [6, 6.07) is 28.9. The zero-order valence-corrected chi connectivity index (χ0v) is 22.0. The van der Waals surface area contributed by atoms with Gasteiger partial charge in [-0.3, -0.25) is 4.21 Å². The molecule has 1 N–H and O–H groups in total. The zero-order valence-electron chi connectivity index (χ0n) is 20.3. The Morgan fingerprint density at radius 3 is 2.00 bits per heavy atom. The SMILES string of the molecule is C[C@@H](/C=C/P(=O)(c1ccccc1)c1ccccc1)[C@@H]1CC[C@@]2(O)[C@H](S(=O)c3ccccc3)C[C@@]12C. The predicted octanol–water partition coefficient (Wildman–Crippen LogP) is 5.88. The van der Waals surface area contributed by atoms with Crippen LogP contribution >= 0.6 is 7.14 Å². The Balaban J connectivity index is 1.39. The van der Waals surface area contributed by atoms with Crippen molar-refractivity contribution >= 4 is 28.6 Å². The van der Waals surface area contributed by atoms with E-state index in [1.165, 1.54) is 0 Å². The van der Waals surface area contributed by atoms with Crippen molar-refractivity contribution in [3.8, 4) is 0 Å². The number of hydrogen-bond donors (Lipinski definition) is 1. The fourth-order valence-electron chi connectivity index (χ4n) is 6.41. The van der Waals surface area contributed by atoms with Crippen LogP contribution in [0.2, 0.25) is 0 Å². The van der Waals surface area contributed by atoms with Crippen LogP contribution in [0, 0.1) is 17.3 Å². The second kappa shape index (κ2) is 9.32. The molecule has 3 nitrogen and oxygen atoms in total. The van der Waals surface area contributed by atoms with E-state index in [2.05, 4.69) is 19.9 Å². The van der Waals surface area contributed by atoms with Gasteiger partial charge in [-0.05, 0) is 49.0 Å². The average molecular weight is 505 g/mol. The molecule has 0 aliphatic heterocycles. The number of hydrogen-bond acceptors (Lipinski definition) is 3. The lowest BCUT2D eigenvalue weighted by Crippen LogP contribution is -2.66. The van der Waals surface area contributed by atoms with Gasteiger partial charge in [-0.2, -0.15) is 0 Å². The molecule has 6 atom stereocenters. The summed E-state index contributed by atoms with van der Waals surface area (Å²) in [5.74, 6) is 2.30. The van der Waals surface area contributed by atoms with E-state index in [9.17, 15) is 13.9 Å². The summed E-state index contributed by atoms with van der Waals surface area (Å²) in [4.78, 5) is 0.788. The van der Waals surface area contributed by atoms with Crippen LogP contribution in [-0.2, 0) is 15.4 Å². The minimum Gasteiger partial charge on any atom is -0.388 e. The molecule has 3 aromatic rings. The van der Waals surface area contributed by atoms with Gasteiger partial charge in [0, 0.05) is 20.9 Å². The summed E-state index contributed by atoms with van der Waals surface area (Å²) in [5.41, 5.74) is -1.22. The Morgan fingerprint density at radius 1 is 0.943 bits per heavy atom. The van der Waals surface area contributed by atoms with E-state index in [0.29, 0.717) is 6.42 Å². The highest BCUT2D eigenvalue weighted by Gasteiger charge is 2.70. The average Bonchev–Trinajstić information content (AvgIpc) is 3.10. The van der Waals surface area contributed by atoms with Crippen molar-refractivity contribution in [1.29, 1.82) is 0 Å². The fourth-order valence-corrected chi connectivity index (χ4v) is 10.8. The summed E-state index contributed by atoms with van der Waals surface area (Å²) in [7, 11) is -4.16. The first-order valence-electron chi connectivity index (χ1n) is 12.4. The molecular formula is C30H33O3PS. The molecule has 2 aliphatic carbocycles. The number of fused-ring (bicyclic) bond motifs is 1. The lowest BCUT2D eigenvalue weighted by Gasteiger charge is -2.58. The fraction of sp³-hybridized carbons (Fsp3) is 0.333. The molecule has 5 rings (SSSR count). The largest absolute Gasteiger partial charge is 0.388 e. The topological polar surface area (TPSA) is 54.4 Å². The van der Waals surface area contributed by atoms with Gasteiger partial charge in [0.05, 0.1) is 21.7 Å². The molecule has 182 valence electrons. The summed E-state index contributed by atoms with van der Waals surface area (Å²) in [6.07, 6.45) is 4.37. The van der Waals surface area contributed by atoms with Crippen LogP contribution in [0.5, 0.6) is 0 Å². The van der Waals surface area contributed by atoms with Crippen LogP contribution in [0.15, 0.2) is 108 Å². The van der Waals surface area contributed by atoms with Crippen molar-refractivity contribution in [2.45, 2.75) is 48.9 Å². The monoisotopic (exact) mass is 504 g/mol. The lowest BCUT2D eigenvalue weighted by molar-refractivity contribution is -0.148. The van der Waals surface area contributed by atoms with Gasteiger partial charge in [0.25, 0.3) is 0 Å². The Labute approximate surface area is 211 Å². The second-order valence-electron chi connectivity index (χ2n) is 10.3. The highest BCUT2D eigenvalue weighted by atomic mass is 32.2. The highest BCUT2D eigenvalue weighted by Crippen LogP contribution is 2.66. The first-order valence-corrected chi connectivity index (χ1v) is 15.4. The third kappa shape index (κ3) is 4.00. The Bertz CT molecular complexity index is 1230. The predicted molar refractivity (Wildman–Crippen MR) is 145 cm³/mol. The third-order valence-electron chi connectivity index (χ3n) is 8.53. The maximum Gasteiger partial charge on any atom is 0.163 e. The number of benzene rings is 3. The second-order valence-corrected chi connectivity index (χ2v) is 14.6. The summed E-state index contributed by atoms with van der Waals surface area (Å²) in [5, 5.41) is 13.1. The maximum atomic E-state index is 14.4. The van der Waals surface area contributed by atoms with Crippen LogP contribution in [0.1, 0.15) is 33.1 Å². The van der Waals surface area contributed by atoms with E-state index in [-0.39, 0.29) is 22.5 Å². The van der Waals surface area contributed by atoms with Crippen molar-refractivity contribution in [2.75, 3.05) is 0 Å². The van der Waals surface area contributed by atoms with E-state index in [1.807, 2.05) is 96.8 Å². The molecule has 1 unspecified atom stereocenters. The van der Waals surface area contributed by atoms with Gasteiger partial charge in [0.15, 0.2) is 7.14 Å². The van der Waals surface area contributed by atoms with E-state index in [4.69, 9.17) is 0 Å². The van der Waals surface area contributed by atoms with E-state index in [1.54, 1.807) is 0 Å². The van der Waals surface area contributed by atoms with Crippen LogP contribution in [0.3, 0.4) is 0 Å². The van der Waals surface area contributed by atoms with Gasteiger partial charge in [0.1, 0.15) is 0 Å². The standard InChI is InChI=1S/C30H33O3PS/c1-23(19-21-34(32,24-12-6-3-7-13-24)25-14-8-4-9-15-25)27-18-20-30(31)28(22-29(27,30)2)35(33)26-16-10-5-11-17-26/h3-17,19,21,23,27-28,31H,18,20,22H2,1-2H3/b21-19+/t23-,27-,28+,29-,30+,35?/m0/s1. The third-order valence-corrected chi connectivity index (χ3v) is 13.1. The number of allylic oxidation sites excluding steroid dienone is 1. The molecule has 2 fully saturated rings. The quantitative estimate of drug-likeness (QED) is 0.409. The minimum atomic E-state index is -2.93. The van der Waals surface area contributed by atoms with Crippen molar-refractivity contribution in [1.82, 2.24) is 0 Å². The molecule has 0 spiro atoms. The molecule has 35 heavy (non-hydrogen) atoms. The van der Waals surface area contributed by atoms with Gasteiger partial charge in [-0.15, -0.1) is 0 Å². The molecule has 3 aromatic carbocycles. The maximum absolute atomic E-state index is 14.4. The minimum absolute atomic E-state index is 0.140. The van der Waals surface area contributed by atoms with Gasteiger partial charge in [-0.1, -0.05) is 98.8 Å². The summed E-state index contributed by atoms with van der Waals surface area (Å²) in [6.45, 7) is 4.32. The normalized spacial score (nSPS) is 29.9. The Kier molecular flexibility index (Phi) is 6.50. The number of rotatable bonds is 7. The Morgan fingerprint density at radius 2 is 1.46 bits per heavy atom. The van der Waals surface area contributed by atoms with Crippen LogP contribution in [-0.4, -0.2) is 20.2 Å². The van der Waals surface area contributed by atoms with Crippen LogP contribution in [0.4, 0.5) is 0 Å². The summed E-state index contributed by atoms with van der Waals surface area (Å²) >= 11 is 0. The molecule has 0 radical (unpaired) electrons. The summed E-state index contributed by atoms with van der Waals surface area (Å²) < 4.78 is 27.6. The molecule has 0 amide bonds. The van der Waals surface area contributed by atoms with E-state index in [0.717, 1.165) is 28.3 Å². The van der Waals surface area contributed by atoms with E-state index < -0.39 is 23.5 Å². The molecule has 0 bridgehead atoms. The lowest BCUT2D eigenvalue weighted by atomic mass is 9.54. The molecule has 0 heterocycles. The Hall–Kier alpha value is -2.26. The van der Waals surface area contributed by atoms with Gasteiger partial charge in [0.2, 0.25) is 0 Å². The van der Waals surface area contributed by atoms with Gasteiger partial charge < -0.3 is 9.67 Å². The molecule has 2 aliphatic rings. The van der Waals surface area contributed by atoms with Crippen molar-refractivity contribution < 1.29 is 13.9 Å².